The first-order valence-electron chi connectivity index (χ1n) is 15.3. The van der Waals surface area contributed by atoms with E-state index in [1.165, 1.54) is 43.9 Å². The Morgan fingerprint density at radius 1 is 0.591 bits per heavy atom. The van der Waals surface area contributed by atoms with Gasteiger partial charge in [0.05, 0.1) is 11.8 Å². The Labute approximate surface area is 258 Å². The van der Waals surface area contributed by atoms with Crippen LogP contribution in [-0.4, -0.2) is 20.7 Å². The smallest absolute Gasteiger partial charge is 0.161 e. The summed E-state index contributed by atoms with van der Waals surface area (Å²) in [6.45, 7) is 10.0. The number of nitrogens with one attached hydrogen (secondary N) is 3. The number of benzene rings is 4. The third kappa shape index (κ3) is 4.58. The second-order valence-corrected chi connectivity index (χ2v) is 12.1. The fraction of sp³-hybridized carbons (Fsp3) is 0.175. The van der Waals surface area contributed by atoms with Crippen LogP contribution in [0.3, 0.4) is 0 Å². The van der Waals surface area contributed by atoms with Crippen LogP contribution in [0.5, 0.6) is 0 Å². The van der Waals surface area contributed by atoms with E-state index in [4.69, 9.17) is 0 Å². The molecular formula is C40H37N3O. The molecule has 7 aromatic rings. The number of carbonyl (C=O) groups is 1. The van der Waals surface area contributed by atoms with Gasteiger partial charge in [0.25, 0.3) is 0 Å². The molecule has 3 N–H and O–H groups in total. The summed E-state index contributed by atoms with van der Waals surface area (Å²) in [5.41, 5.74) is 12.0. The molecule has 4 nitrogen and oxygen atoms in total. The van der Waals surface area contributed by atoms with Crippen LogP contribution in [0.25, 0.3) is 21.5 Å². The number of carbonyl (C=O) groups excluding carboxylic acids is 1. The van der Waals surface area contributed by atoms with Crippen LogP contribution >= 0.6 is 0 Å². The van der Waals surface area contributed by atoms with Crippen LogP contribution in [0.15, 0.2) is 103 Å². The van der Waals surface area contributed by atoms with Gasteiger partial charge in [-0.2, -0.15) is 0 Å². The zero-order chi connectivity index (χ0) is 30.5. The molecule has 0 aliphatic rings. The number of hydrogen-bond acceptors (Lipinski definition) is 1. The largest absolute Gasteiger partial charge is 0.361 e. The fourth-order valence-corrected chi connectivity index (χ4v) is 7.37. The van der Waals surface area contributed by atoms with Crippen LogP contribution in [0.1, 0.15) is 85.5 Å². The minimum Gasteiger partial charge on any atom is -0.361 e. The van der Waals surface area contributed by atoms with Crippen LogP contribution in [0.4, 0.5) is 0 Å². The monoisotopic (exact) mass is 575 g/mol. The average molecular weight is 576 g/mol. The lowest BCUT2D eigenvalue weighted by Crippen LogP contribution is -2.10. The van der Waals surface area contributed by atoms with E-state index in [0.717, 1.165) is 39.6 Å². The third-order valence-electron chi connectivity index (χ3n) is 9.22. The number of ketones is 1. The minimum atomic E-state index is -0.124. The molecule has 4 heteroatoms. The summed E-state index contributed by atoms with van der Waals surface area (Å²) >= 11 is 0. The van der Waals surface area contributed by atoms with Crippen molar-refractivity contribution in [3.8, 4) is 0 Å². The summed E-state index contributed by atoms with van der Waals surface area (Å²) in [7, 11) is 0. The number of aryl methyl sites for hydroxylation is 3. The van der Waals surface area contributed by atoms with Crippen molar-refractivity contribution in [3.05, 3.63) is 165 Å². The van der Waals surface area contributed by atoms with Crippen molar-refractivity contribution in [2.75, 3.05) is 0 Å². The van der Waals surface area contributed by atoms with E-state index in [-0.39, 0.29) is 17.6 Å². The molecule has 7 rings (SSSR count). The number of rotatable bonds is 7. The van der Waals surface area contributed by atoms with Crippen LogP contribution in [0.2, 0.25) is 0 Å². The molecule has 2 atom stereocenters. The van der Waals surface area contributed by atoms with Gasteiger partial charge in [-0.05, 0) is 96.6 Å². The zero-order valence-electron chi connectivity index (χ0n) is 25.9. The highest BCUT2D eigenvalue weighted by atomic mass is 16.1. The zero-order valence-corrected chi connectivity index (χ0v) is 25.9. The van der Waals surface area contributed by atoms with Crippen molar-refractivity contribution in [2.45, 2.75) is 46.5 Å². The van der Waals surface area contributed by atoms with Crippen LogP contribution in [-0.2, 0) is 0 Å². The maximum atomic E-state index is 12.7. The van der Waals surface area contributed by atoms with Gasteiger partial charge in [-0.3, -0.25) is 4.79 Å². The molecule has 218 valence electrons. The average Bonchev–Trinajstić information content (AvgIpc) is 3.70. The molecule has 0 radical (unpaired) electrons. The molecule has 0 spiro atoms. The highest BCUT2D eigenvalue weighted by Gasteiger charge is 2.29. The molecule has 0 saturated heterocycles. The van der Waals surface area contributed by atoms with Gasteiger partial charge in [0, 0.05) is 39.7 Å². The van der Waals surface area contributed by atoms with Gasteiger partial charge in [0.2, 0.25) is 0 Å². The SMILES string of the molecule is CC(=O)c1c(C)[nH]c(C(c2ccc(C(c3[nH]c(C)cc3C)c3cccc4ccccc34)[nH]2)c2cccc3ccccc23)c1C. The molecule has 0 fully saturated rings. The van der Waals surface area contributed by atoms with Crippen molar-refractivity contribution >= 4 is 27.3 Å². The van der Waals surface area contributed by atoms with E-state index in [1.54, 1.807) is 6.92 Å². The molecule has 4 aromatic carbocycles. The molecule has 0 bridgehead atoms. The Morgan fingerprint density at radius 2 is 1.11 bits per heavy atom. The van der Waals surface area contributed by atoms with Crippen molar-refractivity contribution in [1.29, 1.82) is 0 Å². The first kappa shape index (κ1) is 27.7. The standard InChI is InChI=1S/C40H37N3O/c1-23-22-24(2)41-39(23)37(32-18-10-14-28-12-6-8-16-30(28)32)34-20-21-35(43-34)38(40-25(3)36(27(5)44)26(4)42-40)33-19-11-15-29-13-7-9-17-31(29)33/h6-22,37-38,41-43H,1-5H3. The van der Waals surface area contributed by atoms with Crippen molar-refractivity contribution in [1.82, 2.24) is 15.0 Å². The molecule has 0 saturated carbocycles. The lowest BCUT2D eigenvalue weighted by molar-refractivity contribution is 0.101. The van der Waals surface area contributed by atoms with E-state index in [2.05, 4.69) is 139 Å². The predicted octanol–water partition coefficient (Wildman–Crippen LogP) is 9.77. The van der Waals surface area contributed by atoms with Crippen LogP contribution in [0, 0.1) is 27.7 Å². The van der Waals surface area contributed by atoms with Gasteiger partial charge in [0.1, 0.15) is 0 Å². The fourth-order valence-electron chi connectivity index (χ4n) is 7.37. The summed E-state index contributed by atoms with van der Waals surface area (Å²) in [6, 6.07) is 37.0. The lowest BCUT2D eigenvalue weighted by Gasteiger charge is -2.21. The Hall–Kier alpha value is -5.09. The number of fused-ring (bicyclic) bond motifs is 2. The van der Waals surface area contributed by atoms with Crippen molar-refractivity contribution < 1.29 is 4.79 Å². The van der Waals surface area contributed by atoms with Gasteiger partial charge in [-0.15, -0.1) is 0 Å². The van der Waals surface area contributed by atoms with E-state index in [1.807, 2.05) is 6.92 Å². The Morgan fingerprint density at radius 3 is 1.61 bits per heavy atom. The first-order chi connectivity index (χ1) is 21.3. The van der Waals surface area contributed by atoms with Gasteiger partial charge in [-0.1, -0.05) is 84.9 Å². The van der Waals surface area contributed by atoms with Crippen molar-refractivity contribution in [2.24, 2.45) is 0 Å². The topological polar surface area (TPSA) is 64.4 Å². The number of aromatic nitrogens is 3. The first-order valence-corrected chi connectivity index (χ1v) is 15.3. The number of H-pyrrole nitrogens is 3. The minimum absolute atomic E-state index is 0.0176. The molecule has 0 aliphatic carbocycles. The second kappa shape index (κ2) is 10.9. The number of aromatic amines is 3. The third-order valence-corrected chi connectivity index (χ3v) is 9.22. The van der Waals surface area contributed by atoms with Crippen LogP contribution < -0.4 is 0 Å². The van der Waals surface area contributed by atoms with Gasteiger partial charge in [-0.25, -0.2) is 0 Å². The summed E-state index contributed by atoms with van der Waals surface area (Å²) < 4.78 is 0. The van der Waals surface area contributed by atoms with Gasteiger partial charge in [0.15, 0.2) is 5.78 Å². The summed E-state index contributed by atoms with van der Waals surface area (Å²) in [4.78, 5) is 24.0. The normalized spacial score (nSPS) is 13.0. The molecule has 2 unspecified atom stereocenters. The highest BCUT2D eigenvalue weighted by Crippen LogP contribution is 2.41. The van der Waals surface area contributed by atoms with E-state index in [0.29, 0.717) is 0 Å². The second-order valence-electron chi connectivity index (χ2n) is 12.1. The Kier molecular flexibility index (Phi) is 6.85. The summed E-state index contributed by atoms with van der Waals surface area (Å²) in [6.07, 6.45) is 0. The summed E-state index contributed by atoms with van der Waals surface area (Å²) in [5, 5.41) is 4.87. The number of Topliss-reactive ketones (excluding diaryl/α,β-unsaturated/α-hetero) is 1. The number of hydrogen-bond donors (Lipinski definition) is 3. The molecule has 0 aliphatic heterocycles. The molecule has 3 aromatic heterocycles. The van der Waals surface area contributed by atoms with Crippen molar-refractivity contribution in [3.63, 3.8) is 0 Å². The highest BCUT2D eigenvalue weighted by molar-refractivity contribution is 5.97. The molecular weight excluding hydrogens is 538 g/mol. The van der Waals surface area contributed by atoms with E-state index >= 15 is 0 Å². The van der Waals surface area contributed by atoms with Gasteiger partial charge < -0.3 is 15.0 Å². The predicted molar refractivity (Wildman–Crippen MR) is 181 cm³/mol. The molecule has 44 heavy (non-hydrogen) atoms. The quantitative estimate of drug-likeness (QED) is 0.163. The maximum absolute atomic E-state index is 12.7. The molecule has 3 heterocycles. The molecule has 0 amide bonds. The van der Waals surface area contributed by atoms with Gasteiger partial charge >= 0.3 is 0 Å². The maximum Gasteiger partial charge on any atom is 0.161 e. The lowest BCUT2D eigenvalue weighted by atomic mass is 9.86. The Balaban J connectivity index is 1.47. The Bertz CT molecular complexity index is 2160. The van der Waals surface area contributed by atoms with E-state index < -0.39 is 0 Å². The summed E-state index contributed by atoms with van der Waals surface area (Å²) in [5.74, 6) is -0.0581. The van der Waals surface area contributed by atoms with E-state index in [9.17, 15) is 4.79 Å².